The van der Waals surface area contributed by atoms with Gasteiger partial charge in [0.15, 0.2) is 0 Å². The molecule has 0 unspecified atom stereocenters. The second kappa shape index (κ2) is 10.0. The molecule has 4 rings (SSSR count). The summed E-state index contributed by atoms with van der Waals surface area (Å²) >= 11 is 0. The van der Waals surface area contributed by atoms with E-state index in [1.807, 2.05) is 11.0 Å². The van der Waals surface area contributed by atoms with Gasteiger partial charge in [0, 0.05) is 38.6 Å². The number of allylic oxidation sites excluding steroid dienone is 4. The van der Waals surface area contributed by atoms with Crippen LogP contribution in [0.5, 0.6) is 0 Å². The second-order valence-electron chi connectivity index (χ2n) is 7.92. The summed E-state index contributed by atoms with van der Waals surface area (Å²) in [5.41, 5.74) is 3.77. The van der Waals surface area contributed by atoms with Gasteiger partial charge >= 0.3 is 0 Å². The Hall–Kier alpha value is -3.74. The molecule has 2 aromatic rings. The molecule has 0 saturated heterocycles. The molecule has 1 N–H and O–H groups in total. The predicted octanol–water partition coefficient (Wildman–Crippen LogP) is 3.91. The summed E-state index contributed by atoms with van der Waals surface area (Å²) < 4.78 is 1.71. The average Bonchev–Trinajstić information content (AvgIpc) is 3.11. The maximum absolute atomic E-state index is 12.7. The molecule has 32 heavy (non-hydrogen) atoms. The van der Waals surface area contributed by atoms with Crippen LogP contribution in [0.1, 0.15) is 41.7 Å². The first kappa shape index (κ1) is 21.5. The fraction of sp³-hybridized carbons (Fsp3) is 0.280. The number of hydrogen-bond donors (Lipinski definition) is 1. The van der Waals surface area contributed by atoms with E-state index >= 15 is 0 Å². The average molecular weight is 430 g/mol. The Morgan fingerprint density at radius 1 is 1.09 bits per heavy atom. The van der Waals surface area contributed by atoms with E-state index in [4.69, 9.17) is 0 Å². The van der Waals surface area contributed by atoms with Crippen LogP contribution < -0.4 is 5.32 Å². The van der Waals surface area contributed by atoms with Crippen molar-refractivity contribution in [1.82, 2.24) is 19.4 Å². The van der Waals surface area contributed by atoms with Gasteiger partial charge in [0.1, 0.15) is 11.5 Å². The fourth-order valence-electron chi connectivity index (χ4n) is 3.76. The van der Waals surface area contributed by atoms with E-state index in [-0.39, 0.29) is 11.8 Å². The first-order chi connectivity index (χ1) is 15.6. The number of aromatic nitrogens is 3. The SMILES string of the molecule is Cn1cnc(C(=O)Nc2ccc(/C=C/C(=O)N3CCC=C(C4=CCCC=C4)CC3)cn2)c1. The predicted molar refractivity (Wildman–Crippen MR) is 125 cm³/mol. The van der Waals surface area contributed by atoms with E-state index in [1.54, 1.807) is 48.6 Å². The van der Waals surface area contributed by atoms with Gasteiger partial charge in [0.25, 0.3) is 5.91 Å². The quantitative estimate of drug-likeness (QED) is 0.731. The fourth-order valence-corrected chi connectivity index (χ4v) is 3.76. The highest BCUT2D eigenvalue weighted by Gasteiger charge is 2.16. The minimum atomic E-state index is -0.315. The van der Waals surface area contributed by atoms with Crippen molar-refractivity contribution in [2.45, 2.75) is 25.7 Å². The molecule has 1 aliphatic heterocycles. The number of amides is 2. The van der Waals surface area contributed by atoms with Crippen LogP contribution in [0.15, 0.2) is 72.4 Å². The molecule has 7 heteroatoms. The summed E-state index contributed by atoms with van der Waals surface area (Å²) in [6.45, 7) is 1.44. The summed E-state index contributed by atoms with van der Waals surface area (Å²) in [5.74, 6) is 0.117. The summed E-state index contributed by atoms with van der Waals surface area (Å²) in [7, 11) is 1.80. The molecular formula is C25H27N5O2. The third-order valence-electron chi connectivity index (χ3n) is 5.50. The molecule has 7 nitrogen and oxygen atoms in total. The molecule has 0 bridgehead atoms. The van der Waals surface area contributed by atoms with Gasteiger partial charge in [-0.1, -0.05) is 24.3 Å². The second-order valence-corrected chi connectivity index (χ2v) is 7.92. The zero-order chi connectivity index (χ0) is 22.3. The molecule has 0 saturated carbocycles. The topological polar surface area (TPSA) is 80.1 Å². The Bertz CT molecular complexity index is 1110. The summed E-state index contributed by atoms with van der Waals surface area (Å²) in [4.78, 5) is 35.0. The first-order valence-electron chi connectivity index (χ1n) is 10.9. The molecule has 2 amide bonds. The molecule has 0 radical (unpaired) electrons. The molecular weight excluding hydrogens is 402 g/mol. The normalized spacial score (nSPS) is 16.5. The van der Waals surface area contributed by atoms with Gasteiger partial charge in [0.2, 0.25) is 5.91 Å². The van der Waals surface area contributed by atoms with Crippen molar-refractivity contribution in [1.29, 1.82) is 0 Å². The van der Waals surface area contributed by atoms with Crippen molar-refractivity contribution < 1.29 is 9.59 Å². The highest BCUT2D eigenvalue weighted by molar-refractivity contribution is 6.02. The molecule has 0 spiro atoms. The number of anilines is 1. The van der Waals surface area contributed by atoms with E-state index in [2.05, 4.69) is 39.6 Å². The van der Waals surface area contributed by atoms with Crippen molar-refractivity contribution >= 4 is 23.7 Å². The number of imidazole rings is 1. The van der Waals surface area contributed by atoms with Gasteiger partial charge in [-0.2, -0.15) is 0 Å². The number of pyridine rings is 1. The number of carbonyl (C=O) groups excluding carboxylic acids is 2. The number of nitrogens with one attached hydrogen (secondary N) is 1. The standard InChI is InChI=1S/C25H27N5O2/c1-29-17-22(27-18-29)25(32)28-23-11-9-19(16-26-23)10-12-24(31)30-14-5-8-21(13-15-30)20-6-3-2-4-7-20/h3,6-12,16-18H,2,4-5,13-15H2,1H3,(H,26,28,32)/b12-10+. The molecule has 0 atom stereocenters. The number of hydrogen-bond acceptors (Lipinski definition) is 4. The van der Waals surface area contributed by atoms with Gasteiger partial charge in [-0.05, 0) is 60.6 Å². The van der Waals surface area contributed by atoms with Crippen molar-refractivity contribution in [3.63, 3.8) is 0 Å². The van der Waals surface area contributed by atoms with Crippen LogP contribution in [0.4, 0.5) is 5.82 Å². The smallest absolute Gasteiger partial charge is 0.276 e. The van der Waals surface area contributed by atoms with Crippen LogP contribution >= 0.6 is 0 Å². The Morgan fingerprint density at radius 2 is 2.00 bits per heavy atom. The van der Waals surface area contributed by atoms with Gasteiger partial charge in [0.05, 0.1) is 6.33 Å². The zero-order valence-electron chi connectivity index (χ0n) is 18.2. The number of aryl methyl sites for hydroxylation is 1. The molecule has 0 fully saturated rings. The third-order valence-corrected chi connectivity index (χ3v) is 5.50. The van der Waals surface area contributed by atoms with Gasteiger partial charge < -0.3 is 14.8 Å². The Labute approximate surface area is 187 Å². The number of carbonyl (C=O) groups is 2. The van der Waals surface area contributed by atoms with E-state index in [0.29, 0.717) is 11.5 Å². The Balaban J connectivity index is 1.30. The van der Waals surface area contributed by atoms with E-state index in [0.717, 1.165) is 44.3 Å². The highest BCUT2D eigenvalue weighted by atomic mass is 16.2. The van der Waals surface area contributed by atoms with E-state index < -0.39 is 0 Å². The Morgan fingerprint density at radius 3 is 2.72 bits per heavy atom. The minimum absolute atomic E-state index is 0.000321. The Kier molecular flexibility index (Phi) is 6.75. The molecule has 2 aliphatic rings. The van der Waals surface area contributed by atoms with Crippen LogP contribution in [0.2, 0.25) is 0 Å². The maximum atomic E-state index is 12.7. The van der Waals surface area contributed by atoms with Gasteiger partial charge in [-0.25, -0.2) is 9.97 Å². The minimum Gasteiger partial charge on any atom is -0.340 e. The van der Waals surface area contributed by atoms with E-state index in [9.17, 15) is 9.59 Å². The molecule has 3 heterocycles. The summed E-state index contributed by atoms with van der Waals surface area (Å²) in [6.07, 6.45) is 21.1. The summed E-state index contributed by atoms with van der Waals surface area (Å²) in [5, 5.41) is 2.71. The lowest BCUT2D eigenvalue weighted by molar-refractivity contribution is -0.125. The van der Waals surface area contributed by atoms with Crippen LogP contribution in [-0.4, -0.2) is 44.3 Å². The van der Waals surface area contributed by atoms with Gasteiger partial charge in [-0.15, -0.1) is 0 Å². The maximum Gasteiger partial charge on any atom is 0.276 e. The largest absolute Gasteiger partial charge is 0.340 e. The van der Waals surface area contributed by atoms with Crippen LogP contribution in [-0.2, 0) is 11.8 Å². The highest BCUT2D eigenvalue weighted by Crippen LogP contribution is 2.24. The summed E-state index contributed by atoms with van der Waals surface area (Å²) in [6, 6.07) is 3.52. The molecule has 2 aromatic heterocycles. The van der Waals surface area contributed by atoms with Crippen molar-refractivity contribution in [2.24, 2.45) is 7.05 Å². The van der Waals surface area contributed by atoms with E-state index in [1.165, 1.54) is 11.1 Å². The van der Waals surface area contributed by atoms with Gasteiger partial charge in [-0.3, -0.25) is 9.59 Å². The number of nitrogens with zero attached hydrogens (tertiary/aromatic N) is 4. The third kappa shape index (κ3) is 5.49. The van der Waals surface area contributed by atoms with Crippen LogP contribution in [0.3, 0.4) is 0 Å². The van der Waals surface area contributed by atoms with Crippen molar-refractivity contribution in [3.8, 4) is 0 Å². The first-order valence-corrected chi connectivity index (χ1v) is 10.9. The van der Waals surface area contributed by atoms with Crippen molar-refractivity contribution in [3.05, 3.63) is 83.6 Å². The molecule has 0 aromatic carbocycles. The lowest BCUT2D eigenvalue weighted by Gasteiger charge is -2.19. The van der Waals surface area contributed by atoms with Crippen LogP contribution in [0.25, 0.3) is 6.08 Å². The molecule has 164 valence electrons. The number of rotatable bonds is 5. The van der Waals surface area contributed by atoms with Crippen molar-refractivity contribution in [2.75, 3.05) is 18.4 Å². The lowest BCUT2D eigenvalue weighted by Crippen LogP contribution is -2.30. The lowest BCUT2D eigenvalue weighted by atomic mass is 9.97. The van der Waals surface area contributed by atoms with Crippen LogP contribution in [0, 0.1) is 0 Å². The molecule has 1 aliphatic carbocycles. The monoisotopic (exact) mass is 429 g/mol. The zero-order valence-corrected chi connectivity index (χ0v) is 18.2.